The molecule has 2 aromatic carbocycles. The summed E-state index contributed by atoms with van der Waals surface area (Å²) in [4.78, 5) is 28.1. The molecule has 24 heavy (non-hydrogen) atoms. The normalized spacial score (nSPS) is 11.9. The quantitative estimate of drug-likeness (QED) is 0.571. The Morgan fingerprint density at radius 1 is 1.12 bits per heavy atom. The molecular weight excluding hydrogens is 324 g/mol. The second-order valence-corrected chi connectivity index (χ2v) is 5.76. The highest BCUT2D eigenvalue weighted by Crippen LogP contribution is 2.21. The summed E-state index contributed by atoms with van der Waals surface area (Å²) in [6, 6.07) is 18.2. The van der Waals surface area contributed by atoms with Gasteiger partial charge in [-0.1, -0.05) is 60.1 Å². The van der Waals surface area contributed by atoms with Crippen LogP contribution in [0.1, 0.15) is 21.8 Å². The Labute approximate surface area is 144 Å². The number of hydrogen-bond donors (Lipinski definition) is 1. The van der Waals surface area contributed by atoms with E-state index in [-0.39, 0.29) is 17.6 Å². The highest BCUT2D eigenvalue weighted by Gasteiger charge is 2.15. The molecule has 1 N–H and O–H groups in total. The van der Waals surface area contributed by atoms with Crippen LogP contribution in [0.15, 0.2) is 60.7 Å². The number of pyridine rings is 1. The first-order valence-corrected chi connectivity index (χ1v) is 7.90. The molecule has 3 aromatic rings. The van der Waals surface area contributed by atoms with Crippen LogP contribution < -0.4 is 5.32 Å². The van der Waals surface area contributed by atoms with E-state index < -0.39 is 5.92 Å². The Morgan fingerprint density at radius 2 is 1.83 bits per heavy atom. The molecule has 0 spiro atoms. The predicted molar refractivity (Wildman–Crippen MR) is 94.3 cm³/mol. The molecule has 0 aliphatic heterocycles. The molecule has 5 heteroatoms. The number of nitrogens with zero attached hydrogens (tertiary/aromatic N) is 1. The summed E-state index contributed by atoms with van der Waals surface area (Å²) in [6.45, 7) is 0.223. The molecule has 1 amide bonds. The number of rotatable bonds is 5. The molecule has 0 radical (unpaired) electrons. The van der Waals surface area contributed by atoms with Crippen molar-refractivity contribution >= 4 is 34.7 Å². The van der Waals surface area contributed by atoms with Crippen LogP contribution in [0.3, 0.4) is 0 Å². The number of amides is 1. The topological polar surface area (TPSA) is 59.1 Å². The maximum absolute atomic E-state index is 12.5. The minimum absolute atomic E-state index is 0.223. The molecule has 0 aliphatic carbocycles. The van der Waals surface area contributed by atoms with E-state index in [9.17, 15) is 9.59 Å². The zero-order valence-corrected chi connectivity index (χ0v) is 13.5. The predicted octanol–water partition coefficient (Wildman–Crippen LogP) is 3.60. The van der Waals surface area contributed by atoms with E-state index in [0.717, 1.165) is 17.2 Å². The van der Waals surface area contributed by atoms with Crippen molar-refractivity contribution in [1.29, 1.82) is 0 Å². The van der Waals surface area contributed by atoms with Gasteiger partial charge in [-0.25, -0.2) is 4.98 Å². The number of para-hydroxylation sites is 1. The number of carbonyl (C=O) groups excluding carboxylic acids is 2. The van der Waals surface area contributed by atoms with Crippen LogP contribution in [0.5, 0.6) is 0 Å². The minimum Gasteiger partial charge on any atom is -0.351 e. The molecule has 0 bridgehead atoms. The van der Waals surface area contributed by atoms with Gasteiger partial charge in [-0.2, -0.15) is 0 Å². The third-order valence-electron chi connectivity index (χ3n) is 3.80. The van der Waals surface area contributed by atoms with Gasteiger partial charge in [0.05, 0.1) is 17.0 Å². The summed E-state index contributed by atoms with van der Waals surface area (Å²) in [5.74, 6) is -0.669. The summed E-state index contributed by atoms with van der Waals surface area (Å²) >= 11 is 6.01. The molecule has 120 valence electrons. The summed E-state index contributed by atoms with van der Waals surface area (Å²) in [5.41, 5.74) is 1.97. The lowest BCUT2D eigenvalue weighted by Gasteiger charge is -2.13. The van der Waals surface area contributed by atoms with E-state index in [2.05, 4.69) is 10.3 Å². The zero-order chi connectivity index (χ0) is 16.9. The van der Waals surface area contributed by atoms with Gasteiger partial charge in [-0.15, -0.1) is 0 Å². The summed E-state index contributed by atoms with van der Waals surface area (Å²) < 4.78 is 0. The SMILES string of the molecule is O=CC(CNC(=O)c1cc(Cl)nc2ccccc12)c1ccccc1. The number of halogens is 1. The van der Waals surface area contributed by atoms with Gasteiger partial charge in [0.25, 0.3) is 5.91 Å². The van der Waals surface area contributed by atoms with Gasteiger partial charge < -0.3 is 10.1 Å². The van der Waals surface area contributed by atoms with Crippen molar-refractivity contribution in [3.8, 4) is 0 Å². The Hall–Kier alpha value is -2.72. The number of aldehydes is 1. The first-order chi connectivity index (χ1) is 11.7. The van der Waals surface area contributed by atoms with Gasteiger partial charge in [-0.05, 0) is 17.7 Å². The lowest BCUT2D eigenvalue weighted by Crippen LogP contribution is -2.29. The third kappa shape index (κ3) is 3.44. The van der Waals surface area contributed by atoms with E-state index in [1.807, 2.05) is 48.5 Å². The number of hydrogen-bond acceptors (Lipinski definition) is 3. The molecule has 3 rings (SSSR count). The standard InChI is InChI=1S/C19H15ClN2O2/c20-18-10-16(15-8-4-5-9-17(15)22-18)19(24)21-11-14(12-23)13-6-2-1-3-7-13/h1-10,12,14H,11H2,(H,21,24). The second-order valence-electron chi connectivity index (χ2n) is 5.37. The van der Waals surface area contributed by atoms with E-state index in [1.54, 1.807) is 6.07 Å². The van der Waals surface area contributed by atoms with Gasteiger partial charge >= 0.3 is 0 Å². The summed E-state index contributed by atoms with van der Waals surface area (Å²) in [6.07, 6.45) is 0.841. The van der Waals surface area contributed by atoms with E-state index >= 15 is 0 Å². The minimum atomic E-state index is -0.390. The van der Waals surface area contributed by atoms with Crippen molar-refractivity contribution in [3.63, 3.8) is 0 Å². The van der Waals surface area contributed by atoms with Crippen molar-refractivity contribution in [2.45, 2.75) is 5.92 Å². The van der Waals surface area contributed by atoms with E-state index in [4.69, 9.17) is 11.6 Å². The van der Waals surface area contributed by atoms with Crippen LogP contribution in [0.25, 0.3) is 10.9 Å². The third-order valence-corrected chi connectivity index (χ3v) is 4.00. The largest absolute Gasteiger partial charge is 0.351 e. The average Bonchev–Trinajstić information content (AvgIpc) is 2.62. The zero-order valence-electron chi connectivity index (χ0n) is 12.8. The van der Waals surface area contributed by atoms with Crippen LogP contribution in [-0.4, -0.2) is 23.7 Å². The van der Waals surface area contributed by atoms with Crippen LogP contribution >= 0.6 is 11.6 Å². The average molecular weight is 339 g/mol. The van der Waals surface area contributed by atoms with Gasteiger partial charge in [0.15, 0.2) is 0 Å². The maximum Gasteiger partial charge on any atom is 0.252 e. The molecule has 0 saturated heterocycles. The molecule has 0 aliphatic rings. The van der Waals surface area contributed by atoms with Crippen molar-refractivity contribution in [2.24, 2.45) is 0 Å². The number of aromatic nitrogens is 1. The van der Waals surface area contributed by atoms with E-state index in [1.165, 1.54) is 6.07 Å². The van der Waals surface area contributed by atoms with Gasteiger partial charge in [0, 0.05) is 11.9 Å². The molecule has 0 saturated carbocycles. The second kappa shape index (κ2) is 7.23. The van der Waals surface area contributed by atoms with Crippen LogP contribution in [0.2, 0.25) is 5.15 Å². The molecular formula is C19H15ClN2O2. The highest BCUT2D eigenvalue weighted by atomic mass is 35.5. The van der Waals surface area contributed by atoms with Crippen LogP contribution in [0, 0.1) is 0 Å². The van der Waals surface area contributed by atoms with Gasteiger partial charge in [0.1, 0.15) is 11.4 Å². The summed E-state index contributed by atoms with van der Waals surface area (Å²) in [7, 11) is 0. The monoisotopic (exact) mass is 338 g/mol. The highest BCUT2D eigenvalue weighted by molar-refractivity contribution is 6.30. The van der Waals surface area contributed by atoms with E-state index in [0.29, 0.717) is 11.1 Å². The molecule has 1 atom stereocenters. The first kappa shape index (κ1) is 16.1. The molecule has 0 fully saturated rings. The first-order valence-electron chi connectivity index (χ1n) is 7.53. The Bertz CT molecular complexity index is 881. The lowest BCUT2D eigenvalue weighted by molar-refractivity contribution is -0.108. The molecule has 1 aromatic heterocycles. The number of carbonyl (C=O) groups is 2. The van der Waals surface area contributed by atoms with Crippen molar-refractivity contribution in [2.75, 3.05) is 6.54 Å². The van der Waals surface area contributed by atoms with Crippen molar-refractivity contribution in [1.82, 2.24) is 10.3 Å². The lowest BCUT2D eigenvalue weighted by atomic mass is 10.0. The Kier molecular flexibility index (Phi) is 4.87. The molecule has 4 nitrogen and oxygen atoms in total. The Morgan fingerprint density at radius 3 is 2.58 bits per heavy atom. The number of fused-ring (bicyclic) bond motifs is 1. The maximum atomic E-state index is 12.5. The fraction of sp³-hybridized carbons (Fsp3) is 0.105. The van der Waals surface area contributed by atoms with Crippen molar-refractivity contribution in [3.05, 3.63) is 76.9 Å². The smallest absolute Gasteiger partial charge is 0.252 e. The van der Waals surface area contributed by atoms with Gasteiger partial charge in [-0.3, -0.25) is 4.79 Å². The summed E-state index contributed by atoms with van der Waals surface area (Å²) in [5, 5.41) is 3.79. The number of benzene rings is 2. The fourth-order valence-electron chi connectivity index (χ4n) is 2.57. The number of nitrogens with one attached hydrogen (secondary N) is 1. The Balaban J connectivity index is 1.82. The van der Waals surface area contributed by atoms with Gasteiger partial charge in [0.2, 0.25) is 0 Å². The fourth-order valence-corrected chi connectivity index (χ4v) is 2.77. The van der Waals surface area contributed by atoms with Crippen molar-refractivity contribution < 1.29 is 9.59 Å². The van der Waals surface area contributed by atoms with Crippen LogP contribution in [0.4, 0.5) is 0 Å². The van der Waals surface area contributed by atoms with Crippen LogP contribution in [-0.2, 0) is 4.79 Å². The molecule has 1 heterocycles. The molecule has 1 unspecified atom stereocenters.